The number of thioether (sulfide) groups is 1. The van der Waals surface area contributed by atoms with Crippen LogP contribution in [0, 0.1) is 20.8 Å². The molecule has 90 valence electrons. The van der Waals surface area contributed by atoms with Gasteiger partial charge >= 0.3 is 0 Å². The minimum atomic E-state index is 0.830. The fraction of sp³-hybridized carbons (Fsp3) is 0.333. The number of thiophene rings is 1. The highest BCUT2D eigenvalue weighted by Gasteiger charge is 2.13. The van der Waals surface area contributed by atoms with Gasteiger partial charge in [0.2, 0.25) is 0 Å². The quantitative estimate of drug-likeness (QED) is 0.615. The molecule has 0 aliphatic heterocycles. The summed E-state index contributed by atoms with van der Waals surface area (Å²) in [6, 6.07) is 0. The van der Waals surface area contributed by atoms with Crippen LogP contribution in [0.1, 0.15) is 16.3 Å². The average molecular weight is 285 g/mol. The lowest BCUT2D eigenvalue weighted by molar-refractivity contribution is 1.01. The first-order valence-corrected chi connectivity index (χ1v) is 7.49. The summed E-state index contributed by atoms with van der Waals surface area (Å²) in [5, 5.41) is 2.26. The maximum Gasteiger partial charge on any atom is 0.128 e. The number of halogens is 1. The first-order chi connectivity index (χ1) is 8.13. The third-order valence-electron chi connectivity index (χ3n) is 2.51. The van der Waals surface area contributed by atoms with Gasteiger partial charge in [-0.2, -0.15) is 0 Å². The van der Waals surface area contributed by atoms with Crippen LogP contribution in [0.25, 0.3) is 10.2 Å². The van der Waals surface area contributed by atoms with Crippen LogP contribution in [0.4, 0.5) is 0 Å². The highest BCUT2D eigenvalue weighted by atomic mass is 35.5. The number of hydrogen-bond donors (Lipinski definition) is 0. The molecule has 0 radical (unpaired) electrons. The summed E-state index contributed by atoms with van der Waals surface area (Å²) in [5.41, 5.74) is 2.84. The van der Waals surface area contributed by atoms with Crippen LogP contribution in [0.5, 0.6) is 0 Å². The molecule has 0 unspecified atom stereocenters. The number of aryl methyl sites for hydroxylation is 3. The van der Waals surface area contributed by atoms with Gasteiger partial charge in [0.05, 0.1) is 0 Å². The third kappa shape index (κ3) is 2.64. The molecule has 2 nitrogen and oxygen atoms in total. The van der Waals surface area contributed by atoms with E-state index in [1.165, 1.54) is 15.8 Å². The average Bonchev–Trinajstić information content (AvgIpc) is 2.54. The van der Waals surface area contributed by atoms with Gasteiger partial charge in [0, 0.05) is 21.6 Å². The van der Waals surface area contributed by atoms with Crippen molar-refractivity contribution in [2.45, 2.75) is 25.8 Å². The molecule has 0 aliphatic rings. The molecule has 0 amide bonds. The Morgan fingerprint density at radius 2 is 2.06 bits per heavy atom. The topological polar surface area (TPSA) is 25.8 Å². The minimum absolute atomic E-state index is 0.830. The van der Waals surface area contributed by atoms with Gasteiger partial charge in [-0.1, -0.05) is 17.7 Å². The first-order valence-electron chi connectivity index (χ1n) is 5.26. The lowest BCUT2D eigenvalue weighted by Crippen LogP contribution is -1.91. The van der Waals surface area contributed by atoms with Crippen molar-refractivity contribution in [3.63, 3.8) is 0 Å². The second kappa shape index (κ2) is 5.38. The highest BCUT2D eigenvalue weighted by molar-refractivity contribution is 7.99. The Labute approximate surface area is 114 Å². The Morgan fingerprint density at radius 3 is 2.76 bits per heavy atom. The molecule has 2 aromatic heterocycles. The Morgan fingerprint density at radius 1 is 1.29 bits per heavy atom. The zero-order valence-corrected chi connectivity index (χ0v) is 12.3. The normalized spacial score (nSPS) is 11.8. The van der Waals surface area contributed by atoms with Gasteiger partial charge in [-0.15, -0.1) is 23.1 Å². The van der Waals surface area contributed by atoms with E-state index < -0.39 is 0 Å². The van der Waals surface area contributed by atoms with E-state index in [0.717, 1.165) is 21.4 Å². The predicted octanol–water partition coefficient (Wildman–Crippen LogP) is 4.46. The van der Waals surface area contributed by atoms with Crippen LogP contribution >= 0.6 is 34.7 Å². The molecule has 0 atom stereocenters. The molecule has 2 aromatic rings. The number of fused-ring (bicyclic) bond motifs is 1. The number of aromatic nitrogens is 2. The van der Waals surface area contributed by atoms with Gasteiger partial charge in [0.25, 0.3) is 0 Å². The lowest BCUT2D eigenvalue weighted by atomic mass is 10.2. The van der Waals surface area contributed by atoms with Crippen molar-refractivity contribution in [3.8, 4) is 0 Å². The summed E-state index contributed by atoms with van der Waals surface area (Å²) in [7, 11) is 0. The van der Waals surface area contributed by atoms with Gasteiger partial charge in [-0.05, 0) is 26.3 Å². The van der Waals surface area contributed by atoms with E-state index in [0.29, 0.717) is 0 Å². The van der Waals surface area contributed by atoms with Crippen LogP contribution in [-0.4, -0.2) is 15.7 Å². The monoisotopic (exact) mass is 284 g/mol. The van der Waals surface area contributed by atoms with Crippen molar-refractivity contribution in [2.24, 2.45) is 0 Å². The van der Waals surface area contributed by atoms with E-state index in [2.05, 4.69) is 23.8 Å². The molecular formula is C12H13ClN2S2. The standard InChI is InChI=1S/C12H13ClN2S2/c1-7-8(2)17-12-10(7)11(14-9(3)15-12)16-6-4-5-13/h4-5H,6H2,1-3H3/b5-4+. The van der Waals surface area contributed by atoms with Gasteiger partial charge in [0.15, 0.2) is 0 Å². The summed E-state index contributed by atoms with van der Waals surface area (Å²) in [6.07, 6.45) is 1.92. The fourth-order valence-corrected chi connectivity index (χ4v) is 3.86. The molecule has 17 heavy (non-hydrogen) atoms. The summed E-state index contributed by atoms with van der Waals surface area (Å²) in [5.74, 6) is 1.67. The molecule has 0 aromatic carbocycles. The zero-order valence-electron chi connectivity index (χ0n) is 9.95. The molecule has 5 heteroatoms. The Bertz CT molecular complexity index is 575. The Kier molecular flexibility index (Phi) is 4.07. The second-order valence-corrected chi connectivity index (χ2v) is 6.18. The van der Waals surface area contributed by atoms with E-state index in [1.54, 1.807) is 28.6 Å². The summed E-state index contributed by atoms with van der Waals surface area (Å²) < 4.78 is 0. The van der Waals surface area contributed by atoms with Crippen molar-refractivity contribution < 1.29 is 0 Å². The lowest BCUT2D eigenvalue weighted by Gasteiger charge is -2.02. The van der Waals surface area contributed by atoms with Crippen molar-refractivity contribution in [2.75, 3.05) is 5.75 Å². The van der Waals surface area contributed by atoms with Crippen molar-refractivity contribution >= 4 is 44.9 Å². The van der Waals surface area contributed by atoms with E-state index in [1.807, 2.05) is 13.0 Å². The van der Waals surface area contributed by atoms with Crippen molar-refractivity contribution in [3.05, 3.63) is 27.9 Å². The summed E-state index contributed by atoms with van der Waals surface area (Å²) in [6.45, 7) is 6.20. The molecule has 0 N–H and O–H groups in total. The van der Waals surface area contributed by atoms with E-state index >= 15 is 0 Å². The number of nitrogens with zero attached hydrogens (tertiary/aromatic N) is 2. The predicted molar refractivity (Wildman–Crippen MR) is 77.3 cm³/mol. The molecule has 0 saturated heterocycles. The SMILES string of the molecule is Cc1nc(SC/C=C/Cl)c2c(C)c(C)sc2n1. The van der Waals surface area contributed by atoms with Crippen LogP contribution in [0.3, 0.4) is 0 Å². The van der Waals surface area contributed by atoms with Gasteiger partial charge < -0.3 is 0 Å². The maximum atomic E-state index is 5.53. The van der Waals surface area contributed by atoms with Crippen LogP contribution in [0.15, 0.2) is 16.6 Å². The third-order valence-corrected chi connectivity index (χ3v) is 4.72. The summed E-state index contributed by atoms with van der Waals surface area (Å²) >= 11 is 8.97. The van der Waals surface area contributed by atoms with Crippen LogP contribution in [-0.2, 0) is 0 Å². The molecule has 0 bridgehead atoms. The Balaban J connectivity index is 2.51. The van der Waals surface area contributed by atoms with E-state index in [4.69, 9.17) is 11.6 Å². The number of hydrogen-bond acceptors (Lipinski definition) is 4. The first kappa shape index (κ1) is 12.9. The molecule has 0 fully saturated rings. The van der Waals surface area contributed by atoms with E-state index in [9.17, 15) is 0 Å². The minimum Gasteiger partial charge on any atom is -0.226 e. The summed E-state index contributed by atoms with van der Waals surface area (Å²) in [4.78, 5) is 11.4. The molecule has 0 spiro atoms. The van der Waals surface area contributed by atoms with E-state index in [-0.39, 0.29) is 0 Å². The van der Waals surface area contributed by atoms with Gasteiger partial charge in [-0.25, -0.2) is 9.97 Å². The van der Waals surface area contributed by atoms with Crippen LogP contribution < -0.4 is 0 Å². The second-order valence-electron chi connectivity index (χ2n) is 3.71. The van der Waals surface area contributed by atoms with Gasteiger partial charge in [-0.3, -0.25) is 0 Å². The largest absolute Gasteiger partial charge is 0.226 e. The molecule has 2 rings (SSSR count). The van der Waals surface area contributed by atoms with Crippen LogP contribution in [0.2, 0.25) is 0 Å². The zero-order chi connectivity index (χ0) is 12.4. The molecular weight excluding hydrogens is 272 g/mol. The molecule has 0 aliphatic carbocycles. The Hall–Kier alpha value is -0.580. The molecule has 2 heterocycles. The fourth-order valence-electron chi connectivity index (χ4n) is 1.58. The number of rotatable bonds is 3. The van der Waals surface area contributed by atoms with Crippen molar-refractivity contribution in [1.82, 2.24) is 9.97 Å². The smallest absolute Gasteiger partial charge is 0.128 e. The van der Waals surface area contributed by atoms with Gasteiger partial charge in [0.1, 0.15) is 15.7 Å². The molecule has 0 saturated carbocycles. The van der Waals surface area contributed by atoms with Crippen molar-refractivity contribution in [1.29, 1.82) is 0 Å². The highest BCUT2D eigenvalue weighted by Crippen LogP contribution is 2.34. The maximum absolute atomic E-state index is 5.53.